The third kappa shape index (κ3) is 2.48. The third-order valence-corrected chi connectivity index (χ3v) is 7.02. The maximum Gasteiger partial charge on any atom is 0.255 e. The van der Waals surface area contributed by atoms with Crippen LogP contribution in [0.15, 0.2) is 35.1 Å². The second-order valence-electron chi connectivity index (χ2n) is 8.96. The molecule has 7 N–H and O–H groups in total. The number of nitrogens with zero attached hydrogens (tertiary/aromatic N) is 1. The number of nitrogens with two attached hydrogens (primary N) is 1. The van der Waals surface area contributed by atoms with E-state index in [0.717, 1.165) is 0 Å². The Morgan fingerprint density at radius 1 is 1.16 bits per heavy atom. The molecule has 1 amide bonds. The standard InChI is InChI=1S/C22H24N2O8/c1-21(31)8-5-4-6-11(25)12(8)16(26)13-9(21)7-10-15(24(2)3)17(27)14(20(23)30)19(29)22(10,32)18(13)28/h4-6,9-10,15,25-26,29,31-32H,7H2,1-3H3,(H2,23,30)/t9-,10-,15+,21-,22+/m1/s1. The molecule has 3 aliphatic rings. The lowest BCUT2D eigenvalue weighted by Gasteiger charge is -2.53. The monoisotopic (exact) mass is 444 g/mol. The molecule has 10 heteroatoms. The number of Topliss-reactive ketones (excluding diaryl/α,β-unsaturated/α-hetero) is 2. The normalized spacial score (nSPS) is 34.4. The average Bonchev–Trinajstić information content (AvgIpc) is 2.68. The van der Waals surface area contributed by atoms with E-state index in [2.05, 4.69) is 0 Å². The van der Waals surface area contributed by atoms with Gasteiger partial charge in [-0.25, -0.2) is 0 Å². The Balaban J connectivity index is 2.05. The first-order valence-electron chi connectivity index (χ1n) is 9.97. The first-order valence-corrected chi connectivity index (χ1v) is 9.97. The number of fused-ring (bicyclic) bond motifs is 3. The molecule has 3 aliphatic carbocycles. The van der Waals surface area contributed by atoms with Crippen molar-refractivity contribution in [3.8, 4) is 5.75 Å². The summed E-state index contributed by atoms with van der Waals surface area (Å²) in [5.41, 5.74) is -0.548. The van der Waals surface area contributed by atoms with Gasteiger partial charge in [-0.05, 0) is 39.1 Å². The molecule has 0 unspecified atom stereocenters. The van der Waals surface area contributed by atoms with E-state index in [1.807, 2.05) is 0 Å². The summed E-state index contributed by atoms with van der Waals surface area (Å²) in [6, 6.07) is 3.02. The molecule has 0 spiro atoms. The van der Waals surface area contributed by atoms with E-state index < -0.39 is 75.0 Å². The van der Waals surface area contributed by atoms with Crippen LogP contribution >= 0.6 is 0 Å². The number of rotatable bonds is 2. The summed E-state index contributed by atoms with van der Waals surface area (Å²) in [5, 5.41) is 54.9. The lowest BCUT2D eigenvalue weighted by Crippen LogP contribution is -2.67. The van der Waals surface area contributed by atoms with Gasteiger partial charge in [0.15, 0.2) is 11.4 Å². The summed E-state index contributed by atoms with van der Waals surface area (Å²) in [6.45, 7) is 1.40. The lowest BCUT2D eigenvalue weighted by molar-refractivity contribution is -0.159. The number of phenols is 1. The number of benzene rings is 1. The number of likely N-dealkylation sites (N-methyl/N-ethyl adjacent to an activating group) is 1. The Bertz CT molecular complexity index is 1150. The number of aliphatic hydroxyl groups excluding tert-OH is 2. The Kier molecular flexibility index (Phi) is 4.57. The van der Waals surface area contributed by atoms with Gasteiger partial charge in [0.25, 0.3) is 5.91 Å². The number of phenolic OH excluding ortho intramolecular Hbond substituents is 1. The molecule has 0 radical (unpaired) electrons. The molecule has 1 saturated carbocycles. The van der Waals surface area contributed by atoms with Gasteiger partial charge in [0, 0.05) is 17.4 Å². The van der Waals surface area contributed by atoms with Crippen molar-refractivity contribution in [3.05, 3.63) is 46.2 Å². The third-order valence-electron chi connectivity index (χ3n) is 7.02. The molecule has 1 aromatic carbocycles. The van der Waals surface area contributed by atoms with Gasteiger partial charge in [0.1, 0.15) is 22.8 Å². The van der Waals surface area contributed by atoms with Crippen molar-refractivity contribution in [1.82, 2.24) is 4.90 Å². The lowest BCUT2D eigenvalue weighted by atomic mass is 9.54. The molecular weight excluding hydrogens is 420 g/mol. The van der Waals surface area contributed by atoms with E-state index in [0.29, 0.717) is 0 Å². The van der Waals surface area contributed by atoms with Crippen LogP contribution in [0, 0.1) is 11.8 Å². The van der Waals surface area contributed by atoms with Crippen molar-refractivity contribution in [3.63, 3.8) is 0 Å². The van der Waals surface area contributed by atoms with E-state index in [4.69, 9.17) is 5.73 Å². The highest BCUT2D eigenvalue weighted by molar-refractivity contribution is 6.24. The van der Waals surface area contributed by atoms with Crippen LogP contribution in [0.25, 0.3) is 5.76 Å². The molecular formula is C22H24N2O8. The number of aliphatic hydroxyl groups is 4. The van der Waals surface area contributed by atoms with Crippen molar-refractivity contribution in [2.75, 3.05) is 14.1 Å². The highest BCUT2D eigenvalue weighted by Crippen LogP contribution is 2.57. The smallest absolute Gasteiger partial charge is 0.255 e. The van der Waals surface area contributed by atoms with Crippen LogP contribution in [0.4, 0.5) is 0 Å². The van der Waals surface area contributed by atoms with E-state index in [-0.39, 0.29) is 17.5 Å². The van der Waals surface area contributed by atoms with Crippen LogP contribution in [-0.4, -0.2) is 73.6 Å². The number of hydrogen-bond donors (Lipinski definition) is 6. The van der Waals surface area contributed by atoms with Gasteiger partial charge in [-0.1, -0.05) is 12.1 Å². The number of primary amides is 1. The first kappa shape index (κ1) is 22.0. The summed E-state index contributed by atoms with van der Waals surface area (Å²) in [5.74, 6) is -7.90. The Morgan fingerprint density at radius 2 is 1.78 bits per heavy atom. The molecule has 4 rings (SSSR count). The molecule has 170 valence electrons. The van der Waals surface area contributed by atoms with Gasteiger partial charge < -0.3 is 31.3 Å². The Labute approximate surface area is 182 Å². The van der Waals surface area contributed by atoms with Crippen molar-refractivity contribution < 1.29 is 39.9 Å². The Hall–Kier alpha value is -3.21. The van der Waals surface area contributed by atoms with Crippen LogP contribution in [0.2, 0.25) is 0 Å². The predicted molar refractivity (Wildman–Crippen MR) is 110 cm³/mol. The molecule has 5 atom stereocenters. The van der Waals surface area contributed by atoms with Crippen LogP contribution < -0.4 is 5.73 Å². The Morgan fingerprint density at radius 3 is 2.34 bits per heavy atom. The van der Waals surface area contributed by atoms with E-state index in [1.54, 1.807) is 0 Å². The second kappa shape index (κ2) is 6.64. The number of carbonyl (C=O) groups is 3. The van der Waals surface area contributed by atoms with Crippen LogP contribution in [0.1, 0.15) is 24.5 Å². The van der Waals surface area contributed by atoms with Gasteiger partial charge in [0.2, 0.25) is 5.78 Å². The largest absolute Gasteiger partial charge is 0.508 e. The fourth-order valence-corrected chi connectivity index (χ4v) is 5.50. The van der Waals surface area contributed by atoms with Gasteiger partial charge >= 0.3 is 0 Å². The zero-order valence-electron chi connectivity index (χ0n) is 17.7. The molecule has 0 heterocycles. The SMILES string of the molecule is CN(C)[C@@H]1C(=O)C(C(N)=O)=C(O)[C@@]2(O)C(=O)C3=C(O)c4c(O)cccc4[C@@](C)(O)[C@@H]3C[C@H]12. The molecule has 0 aromatic heterocycles. The minimum absolute atomic E-state index is 0.170. The van der Waals surface area contributed by atoms with Gasteiger partial charge in [0.05, 0.1) is 17.2 Å². The first-order chi connectivity index (χ1) is 14.8. The van der Waals surface area contributed by atoms with Crippen LogP contribution in [-0.2, 0) is 20.0 Å². The molecule has 32 heavy (non-hydrogen) atoms. The summed E-state index contributed by atoms with van der Waals surface area (Å²) in [4.78, 5) is 40.0. The number of carbonyl (C=O) groups excluding carboxylic acids is 3. The molecule has 10 nitrogen and oxygen atoms in total. The quantitative estimate of drug-likeness (QED) is 0.332. The van der Waals surface area contributed by atoms with Crippen LogP contribution in [0.3, 0.4) is 0 Å². The number of ketones is 2. The zero-order valence-corrected chi connectivity index (χ0v) is 17.7. The minimum Gasteiger partial charge on any atom is -0.508 e. The summed E-state index contributed by atoms with van der Waals surface area (Å²) in [7, 11) is 3.01. The highest BCUT2D eigenvalue weighted by Gasteiger charge is 2.66. The van der Waals surface area contributed by atoms with Gasteiger partial charge in [-0.2, -0.15) is 0 Å². The maximum absolute atomic E-state index is 13.7. The number of aromatic hydroxyl groups is 1. The highest BCUT2D eigenvalue weighted by atomic mass is 16.3. The summed E-state index contributed by atoms with van der Waals surface area (Å²) < 4.78 is 0. The molecule has 1 fully saturated rings. The van der Waals surface area contributed by atoms with E-state index >= 15 is 0 Å². The average molecular weight is 444 g/mol. The fraction of sp³-hybridized carbons (Fsp3) is 0.409. The van der Waals surface area contributed by atoms with E-state index in [1.165, 1.54) is 44.1 Å². The maximum atomic E-state index is 13.7. The molecule has 0 saturated heterocycles. The number of amides is 1. The van der Waals surface area contributed by atoms with E-state index in [9.17, 15) is 39.9 Å². The summed E-state index contributed by atoms with van der Waals surface area (Å²) >= 11 is 0. The predicted octanol–water partition coefficient (Wildman–Crippen LogP) is -0.371. The van der Waals surface area contributed by atoms with Crippen molar-refractivity contribution in [2.24, 2.45) is 17.6 Å². The van der Waals surface area contributed by atoms with Crippen molar-refractivity contribution in [2.45, 2.75) is 30.6 Å². The van der Waals surface area contributed by atoms with Gasteiger partial charge in [-0.3, -0.25) is 19.3 Å². The van der Waals surface area contributed by atoms with Crippen molar-refractivity contribution >= 4 is 23.2 Å². The second-order valence-corrected chi connectivity index (χ2v) is 8.96. The van der Waals surface area contributed by atoms with Crippen molar-refractivity contribution in [1.29, 1.82) is 0 Å². The topological polar surface area (TPSA) is 182 Å². The molecule has 0 aliphatic heterocycles. The molecule has 1 aromatic rings. The zero-order chi connectivity index (χ0) is 23.9. The number of hydrogen-bond acceptors (Lipinski definition) is 9. The van der Waals surface area contributed by atoms with Gasteiger partial charge in [-0.15, -0.1) is 0 Å². The fourth-order valence-electron chi connectivity index (χ4n) is 5.50. The molecule has 0 bridgehead atoms. The van der Waals surface area contributed by atoms with Crippen LogP contribution in [0.5, 0.6) is 5.75 Å². The minimum atomic E-state index is -2.75. The summed E-state index contributed by atoms with van der Waals surface area (Å²) in [6.07, 6.45) is -0.200.